The molecular weight excluding hydrogens is 246 g/mol. The Balaban J connectivity index is 2.61. The second-order valence-corrected chi connectivity index (χ2v) is 6.53. The summed E-state index contributed by atoms with van der Waals surface area (Å²) in [6, 6.07) is 0.267. The summed E-state index contributed by atoms with van der Waals surface area (Å²) in [5.41, 5.74) is 8.46. The van der Waals surface area contributed by atoms with Crippen LogP contribution in [0.3, 0.4) is 0 Å². The fourth-order valence-corrected chi connectivity index (χ4v) is 3.75. The Morgan fingerprint density at radius 3 is 1.85 bits per heavy atom. The van der Waals surface area contributed by atoms with Crippen LogP contribution in [0.1, 0.15) is 59.2 Å². The van der Waals surface area contributed by atoms with Crippen molar-refractivity contribution in [3.63, 3.8) is 0 Å². The predicted octanol–water partition coefficient (Wildman–Crippen LogP) is 4.06. The molecule has 0 radical (unpaired) electrons. The van der Waals surface area contributed by atoms with Gasteiger partial charge in [0.1, 0.15) is 0 Å². The Kier molecular flexibility index (Phi) is 4.27. The fourth-order valence-electron chi connectivity index (χ4n) is 3.75. The molecule has 1 heterocycles. The maximum atomic E-state index is 6.11. The van der Waals surface area contributed by atoms with Crippen LogP contribution < -0.4 is 5.32 Å². The molecule has 1 fully saturated rings. The van der Waals surface area contributed by atoms with Gasteiger partial charge in [-0.1, -0.05) is 0 Å². The van der Waals surface area contributed by atoms with Crippen molar-refractivity contribution in [1.29, 1.82) is 0 Å². The van der Waals surface area contributed by atoms with Gasteiger partial charge >= 0.3 is 0 Å². The van der Waals surface area contributed by atoms with Gasteiger partial charge in [0, 0.05) is 6.61 Å². The molecule has 0 amide bonds. The largest absolute Gasteiger partial charge is 0.373 e. The van der Waals surface area contributed by atoms with E-state index in [1.807, 2.05) is 0 Å². The van der Waals surface area contributed by atoms with E-state index in [4.69, 9.17) is 4.74 Å². The Hall–Kier alpha value is -0.860. The van der Waals surface area contributed by atoms with E-state index in [1.54, 1.807) is 0 Å². The van der Waals surface area contributed by atoms with Crippen LogP contribution >= 0.6 is 0 Å². The van der Waals surface area contributed by atoms with Gasteiger partial charge in [0.2, 0.25) is 0 Å². The molecule has 0 spiro atoms. The average Bonchev–Trinajstić information content (AvgIpc) is 2.86. The van der Waals surface area contributed by atoms with Gasteiger partial charge in [-0.05, 0) is 94.8 Å². The topological polar surface area (TPSA) is 21.3 Å². The highest BCUT2D eigenvalue weighted by molar-refractivity contribution is 5.51. The van der Waals surface area contributed by atoms with Crippen LogP contribution in [0.4, 0.5) is 0 Å². The minimum Gasteiger partial charge on any atom is -0.373 e. The van der Waals surface area contributed by atoms with Gasteiger partial charge in [-0.2, -0.15) is 0 Å². The summed E-state index contributed by atoms with van der Waals surface area (Å²) in [6.45, 7) is 14.4. The highest BCUT2D eigenvalue weighted by Gasteiger charge is 2.40. The van der Waals surface area contributed by atoms with E-state index < -0.39 is 0 Å². The Morgan fingerprint density at radius 1 is 0.950 bits per heavy atom. The number of hydrogen-bond donors (Lipinski definition) is 1. The standard InChI is InChI=1S/C18H29NO/c1-11-12(2)14(4)16(15(5)13(11)3)17(19-7)18(6)9-8-10-20-18/h17,19H,8-10H2,1-7H3. The first-order valence-electron chi connectivity index (χ1n) is 7.71. The minimum atomic E-state index is -0.0849. The van der Waals surface area contributed by atoms with Crippen molar-refractivity contribution in [3.8, 4) is 0 Å². The third-order valence-electron chi connectivity index (χ3n) is 5.50. The summed E-state index contributed by atoms with van der Waals surface area (Å²) in [5.74, 6) is 0. The molecule has 0 saturated carbocycles. The van der Waals surface area contributed by atoms with Crippen LogP contribution in [0.5, 0.6) is 0 Å². The van der Waals surface area contributed by atoms with Crippen molar-refractivity contribution in [2.75, 3.05) is 13.7 Å². The Morgan fingerprint density at radius 2 is 1.45 bits per heavy atom. The number of hydrogen-bond acceptors (Lipinski definition) is 2. The van der Waals surface area contributed by atoms with Crippen molar-refractivity contribution in [1.82, 2.24) is 5.32 Å². The van der Waals surface area contributed by atoms with Crippen molar-refractivity contribution in [2.24, 2.45) is 0 Å². The van der Waals surface area contributed by atoms with Crippen LogP contribution in [-0.2, 0) is 4.74 Å². The second-order valence-electron chi connectivity index (χ2n) is 6.53. The van der Waals surface area contributed by atoms with Crippen LogP contribution in [0.2, 0.25) is 0 Å². The predicted molar refractivity (Wildman–Crippen MR) is 85.5 cm³/mol. The summed E-state index contributed by atoms with van der Waals surface area (Å²) in [7, 11) is 2.06. The third kappa shape index (κ3) is 2.29. The van der Waals surface area contributed by atoms with E-state index in [-0.39, 0.29) is 11.6 Å². The molecular formula is C18H29NO. The molecule has 20 heavy (non-hydrogen) atoms. The summed E-state index contributed by atoms with van der Waals surface area (Å²) >= 11 is 0. The lowest BCUT2D eigenvalue weighted by Crippen LogP contribution is -2.40. The molecule has 1 N–H and O–H groups in total. The molecule has 1 aliphatic heterocycles. The molecule has 112 valence electrons. The number of ether oxygens (including phenoxy) is 1. The smallest absolute Gasteiger partial charge is 0.0849 e. The van der Waals surface area contributed by atoms with Gasteiger partial charge in [0.05, 0.1) is 11.6 Å². The molecule has 2 nitrogen and oxygen atoms in total. The number of nitrogens with one attached hydrogen (secondary N) is 1. The van der Waals surface area contributed by atoms with Crippen molar-refractivity contribution < 1.29 is 4.74 Å². The van der Waals surface area contributed by atoms with E-state index in [0.717, 1.165) is 19.4 Å². The SMILES string of the molecule is CNC(c1c(C)c(C)c(C)c(C)c1C)C1(C)CCCO1. The molecule has 2 atom stereocenters. The molecule has 0 aliphatic carbocycles. The first-order valence-corrected chi connectivity index (χ1v) is 7.71. The maximum absolute atomic E-state index is 6.11. The highest BCUT2D eigenvalue weighted by Crippen LogP contribution is 2.41. The molecule has 2 unspecified atom stereocenters. The minimum absolute atomic E-state index is 0.0849. The number of likely N-dealkylation sites (N-methyl/N-ethyl adjacent to an activating group) is 1. The molecule has 2 rings (SSSR count). The van der Waals surface area contributed by atoms with E-state index in [2.05, 4.69) is 53.9 Å². The van der Waals surface area contributed by atoms with Gasteiger partial charge in [-0.25, -0.2) is 0 Å². The monoisotopic (exact) mass is 275 g/mol. The zero-order valence-electron chi connectivity index (χ0n) is 14.1. The van der Waals surface area contributed by atoms with Gasteiger partial charge in [0.25, 0.3) is 0 Å². The quantitative estimate of drug-likeness (QED) is 0.898. The first-order chi connectivity index (χ1) is 9.33. The lowest BCUT2D eigenvalue weighted by atomic mass is 9.79. The van der Waals surface area contributed by atoms with E-state index >= 15 is 0 Å². The molecule has 1 aliphatic rings. The van der Waals surface area contributed by atoms with Crippen LogP contribution in [0.15, 0.2) is 0 Å². The molecule has 0 aromatic heterocycles. The van der Waals surface area contributed by atoms with Crippen molar-refractivity contribution >= 4 is 0 Å². The Bertz CT molecular complexity index is 484. The first kappa shape index (κ1) is 15.5. The molecule has 2 heteroatoms. The van der Waals surface area contributed by atoms with Crippen LogP contribution in [-0.4, -0.2) is 19.3 Å². The second kappa shape index (κ2) is 5.50. The van der Waals surface area contributed by atoms with Crippen molar-refractivity contribution in [3.05, 3.63) is 33.4 Å². The van der Waals surface area contributed by atoms with E-state index in [0.29, 0.717) is 0 Å². The van der Waals surface area contributed by atoms with Gasteiger partial charge in [-0.3, -0.25) is 0 Å². The highest BCUT2D eigenvalue weighted by atomic mass is 16.5. The number of benzene rings is 1. The zero-order valence-corrected chi connectivity index (χ0v) is 14.1. The summed E-state index contributed by atoms with van der Waals surface area (Å²) < 4.78 is 6.11. The van der Waals surface area contributed by atoms with Crippen molar-refractivity contribution in [2.45, 2.75) is 66.0 Å². The molecule has 1 aromatic carbocycles. The molecule has 0 bridgehead atoms. The van der Waals surface area contributed by atoms with E-state index in [1.165, 1.54) is 33.4 Å². The third-order valence-corrected chi connectivity index (χ3v) is 5.50. The van der Waals surface area contributed by atoms with Gasteiger partial charge < -0.3 is 10.1 Å². The maximum Gasteiger partial charge on any atom is 0.0849 e. The molecule has 1 saturated heterocycles. The normalized spacial score (nSPS) is 24.1. The van der Waals surface area contributed by atoms with Crippen LogP contribution in [0, 0.1) is 34.6 Å². The fraction of sp³-hybridized carbons (Fsp3) is 0.667. The summed E-state index contributed by atoms with van der Waals surface area (Å²) in [6.07, 6.45) is 2.29. The van der Waals surface area contributed by atoms with E-state index in [9.17, 15) is 0 Å². The van der Waals surface area contributed by atoms with Gasteiger partial charge in [0.15, 0.2) is 0 Å². The summed E-state index contributed by atoms with van der Waals surface area (Å²) in [5, 5.41) is 3.53. The summed E-state index contributed by atoms with van der Waals surface area (Å²) in [4.78, 5) is 0. The number of rotatable bonds is 3. The van der Waals surface area contributed by atoms with Gasteiger partial charge in [-0.15, -0.1) is 0 Å². The lowest BCUT2D eigenvalue weighted by molar-refractivity contribution is -0.0108. The lowest BCUT2D eigenvalue weighted by Gasteiger charge is -2.36. The molecule has 1 aromatic rings. The Labute approximate surface area is 123 Å². The average molecular weight is 275 g/mol. The van der Waals surface area contributed by atoms with Crippen LogP contribution in [0.25, 0.3) is 0 Å². The zero-order chi connectivity index (χ0) is 15.1.